The molecule has 0 spiro atoms. The number of hydrogen-bond acceptors (Lipinski definition) is 3. The molecule has 1 aliphatic rings. The minimum atomic E-state index is 0.675. The maximum atomic E-state index is 5.24. The Morgan fingerprint density at radius 1 is 1.35 bits per heavy atom. The average Bonchev–Trinajstić information content (AvgIpc) is 3.13. The normalized spacial score (nSPS) is 19.6. The topological polar surface area (TPSA) is 24.5 Å². The van der Waals surface area contributed by atoms with Gasteiger partial charge in [-0.1, -0.05) is 0 Å². The lowest BCUT2D eigenvalue weighted by atomic mass is 10.1. The lowest BCUT2D eigenvalue weighted by molar-refractivity contribution is 0.0833. The third kappa shape index (κ3) is 5.36. The van der Waals surface area contributed by atoms with Gasteiger partial charge in [0.1, 0.15) is 0 Å². The van der Waals surface area contributed by atoms with Gasteiger partial charge in [0.05, 0.1) is 6.61 Å². The molecule has 2 atom stereocenters. The molecule has 0 amide bonds. The molecule has 0 saturated heterocycles. The monoisotopic (exact) mass is 242 g/mol. The van der Waals surface area contributed by atoms with E-state index in [-0.39, 0.29) is 0 Å². The zero-order valence-corrected chi connectivity index (χ0v) is 12.0. The maximum absolute atomic E-state index is 5.24. The fourth-order valence-corrected chi connectivity index (χ4v) is 2.61. The predicted octanol–water partition coefficient (Wildman–Crippen LogP) is 2.12. The number of hydrogen-bond donors (Lipinski definition) is 1. The summed E-state index contributed by atoms with van der Waals surface area (Å²) in [6.45, 7) is 7.81. The van der Waals surface area contributed by atoms with Gasteiger partial charge in [0, 0.05) is 25.7 Å². The van der Waals surface area contributed by atoms with Gasteiger partial charge in [-0.05, 0) is 59.0 Å². The standard InChI is InChI=1S/C14H30N2O/c1-12(6-5-9-15-3)16(10-11-17-4)13(2)14-7-8-14/h12-15H,5-11H2,1-4H3. The van der Waals surface area contributed by atoms with E-state index in [9.17, 15) is 0 Å². The van der Waals surface area contributed by atoms with E-state index in [2.05, 4.69) is 24.1 Å². The van der Waals surface area contributed by atoms with Gasteiger partial charge < -0.3 is 10.1 Å². The van der Waals surface area contributed by atoms with Crippen LogP contribution >= 0.6 is 0 Å². The second-order valence-corrected chi connectivity index (χ2v) is 5.40. The van der Waals surface area contributed by atoms with E-state index in [0.717, 1.165) is 31.7 Å². The minimum absolute atomic E-state index is 0.675. The van der Waals surface area contributed by atoms with Gasteiger partial charge in [-0.25, -0.2) is 0 Å². The van der Waals surface area contributed by atoms with E-state index in [0.29, 0.717) is 6.04 Å². The SMILES string of the molecule is CNCCCC(C)N(CCOC)C(C)C1CC1. The first-order chi connectivity index (χ1) is 8.20. The van der Waals surface area contributed by atoms with E-state index >= 15 is 0 Å². The van der Waals surface area contributed by atoms with Gasteiger partial charge >= 0.3 is 0 Å². The molecule has 0 aromatic carbocycles. The minimum Gasteiger partial charge on any atom is -0.383 e. The van der Waals surface area contributed by atoms with Crippen molar-refractivity contribution >= 4 is 0 Å². The molecular weight excluding hydrogens is 212 g/mol. The Bertz CT molecular complexity index is 195. The van der Waals surface area contributed by atoms with Crippen LogP contribution in [0.15, 0.2) is 0 Å². The highest BCUT2D eigenvalue weighted by Crippen LogP contribution is 2.36. The van der Waals surface area contributed by atoms with Crippen LogP contribution in [-0.2, 0) is 4.74 Å². The summed E-state index contributed by atoms with van der Waals surface area (Å²) in [6, 6.07) is 1.41. The second-order valence-electron chi connectivity index (χ2n) is 5.40. The number of nitrogens with one attached hydrogen (secondary N) is 1. The average molecular weight is 242 g/mol. The molecule has 0 bridgehead atoms. The predicted molar refractivity (Wildman–Crippen MR) is 73.4 cm³/mol. The molecule has 0 aliphatic heterocycles. The zero-order valence-electron chi connectivity index (χ0n) is 12.0. The largest absolute Gasteiger partial charge is 0.383 e. The first kappa shape index (κ1) is 14.9. The number of ether oxygens (including phenoxy) is 1. The Kier molecular flexibility index (Phi) is 7.09. The van der Waals surface area contributed by atoms with Gasteiger partial charge in [-0.15, -0.1) is 0 Å². The van der Waals surface area contributed by atoms with Gasteiger partial charge in [-0.3, -0.25) is 4.90 Å². The molecule has 3 nitrogen and oxygen atoms in total. The van der Waals surface area contributed by atoms with Gasteiger partial charge in [0.2, 0.25) is 0 Å². The molecular formula is C14H30N2O. The highest BCUT2D eigenvalue weighted by molar-refractivity contribution is 4.87. The van der Waals surface area contributed by atoms with Crippen molar-refractivity contribution in [1.29, 1.82) is 0 Å². The van der Waals surface area contributed by atoms with Crippen molar-refractivity contribution in [3.05, 3.63) is 0 Å². The maximum Gasteiger partial charge on any atom is 0.0589 e. The molecule has 0 radical (unpaired) electrons. The zero-order chi connectivity index (χ0) is 12.7. The first-order valence-electron chi connectivity index (χ1n) is 7.10. The van der Waals surface area contributed by atoms with Crippen molar-refractivity contribution in [2.45, 2.75) is 51.6 Å². The summed E-state index contributed by atoms with van der Waals surface area (Å²) in [7, 11) is 3.83. The van der Waals surface area contributed by atoms with Crippen molar-refractivity contribution < 1.29 is 4.74 Å². The number of rotatable bonds is 10. The van der Waals surface area contributed by atoms with Crippen molar-refractivity contribution in [2.24, 2.45) is 5.92 Å². The Hall–Kier alpha value is -0.120. The molecule has 1 fully saturated rings. The summed E-state index contributed by atoms with van der Waals surface area (Å²) < 4.78 is 5.24. The van der Waals surface area contributed by atoms with Crippen molar-refractivity contribution in [1.82, 2.24) is 10.2 Å². The van der Waals surface area contributed by atoms with Crippen LogP contribution in [0, 0.1) is 5.92 Å². The summed E-state index contributed by atoms with van der Waals surface area (Å²) in [5.74, 6) is 0.943. The van der Waals surface area contributed by atoms with Crippen molar-refractivity contribution in [3.63, 3.8) is 0 Å². The van der Waals surface area contributed by atoms with Crippen LogP contribution in [0.3, 0.4) is 0 Å². The molecule has 0 aromatic rings. The fourth-order valence-electron chi connectivity index (χ4n) is 2.61. The number of methoxy groups -OCH3 is 1. The molecule has 1 rings (SSSR count). The highest BCUT2D eigenvalue weighted by Gasteiger charge is 2.33. The van der Waals surface area contributed by atoms with Crippen LogP contribution in [0.4, 0.5) is 0 Å². The van der Waals surface area contributed by atoms with Crippen LogP contribution in [0.5, 0.6) is 0 Å². The highest BCUT2D eigenvalue weighted by atomic mass is 16.5. The Morgan fingerprint density at radius 2 is 2.06 bits per heavy atom. The summed E-state index contributed by atoms with van der Waals surface area (Å²) in [5.41, 5.74) is 0. The van der Waals surface area contributed by atoms with Gasteiger partial charge in [0.25, 0.3) is 0 Å². The molecule has 1 saturated carbocycles. The molecule has 102 valence electrons. The van der Waals surface area contributed by atoms with E-state index in [1.165, 1.54) is 25.7 Å². The van der Waals surface area contributed by atoms with Crippen LogP contribution in [0.1, 0.15) is 39.5 Å². The van der Waals surface area contributed by atoms with Crippen molar-refractivity contribution in [2.75, 3.05) is 33.9 Å². The van der Waals surface area contributed by atoms with Crippen LogP contribution in [0.2, 0.25) is 0 Å². The Balaban J connectivity index is 2.36. The Labute approximate surface area is 107 Å². The van der Waals surface area contributed by atoms with Crippen LogP contribution in [0.25, 0.3) is 0 Å². The van der Waals surface area contributed by atoms with Gasteiger partial charge in [0.15, 0.2) is 0 Å². The van der Waals surface area contributed by atoms with Gasteiger partial charge in [-0.2, -0.15) is 0 Å². The quantitative estimate of drug-likeness (QED) is 0.594. The molecule has 1 N–H and O–H groups in total. The molecule has 2 unspecified atom stereocenters. The van der Waals surface area contributed by atoms with E-state index in [4.69, 9.17) is 4.74 Å². The van der Waals surface area contributed by atoms with Crippen LogP contribution < -0.4 is 5.32 Å². The molecule has 3 heteroatoms. The molecule has 17 heavy (non-hydrogen) atoms. The molecule has 1 aliphatic carbocycles. The summed E-state index contributed by atoms with van der Waals surface area (Å²) in [6.07, 6.45) is 5.39. The first-order valence-corrected chi connectivity index (χ1v) is 7.10. The summed E-state index contributed by atoms with van der Waals surface area (Å²) in [5, 5.41) is 3.23. The van der Waals surface area contributed by atoms with Crippen molar-refractivity contribution in [3.8, 4) is 0 Å². The summed E-state index contributed by atoms with van der Waals surface area (Å²) in [4.78, 5) is 2.65. The summed E-state index contributed by atoms with van der Waals surface area (Å²) >= 11 is 0. The third-order valence-electron chi connectivity index (χ3n) is 4.00. The van der Waals surface area contributed by atoms with E-state index in [1.54, 1.807) is 7.11 Å². The van der Waals surface area contributed by atoms with E-state index in [1.807, 2.05) is 7.05 Å². The molecule has 0 heterocycles. The van der Waals surface area contributed by atoms with Crippen LogP contribution in [-0.4, -0.2) is 50.8 Å². The Morgan fingerprint density at radius 3 is 2.59 bits per heavy atom. The lowest BCUT2D eigenvalue weighted by Gasteiger charge is -2.34. The molecule has 0 aromatic heterocycles. The smallest absolute Gasteiger partial charge is 0.0589 e. The fraction of sp³-hybridized carbons (Fsp3) is 1.00. The number of nitrogens with zero attached hydrogens (tertiary/aromatic N) is 1. The third-order valence-corrected chi connectivity index (χ3v) is 4.00. The lowest BCUT2D eigenvalue weighted by Crippen LogP contribution is -2.43. The second kappa shape index (κ2) is 8.06. The van der Waals surface area contributed by atoms with E-state index < -0.39 is 0 Å².